The number of anilines is 1. The van der Waals surface area contributed by atoms with Crippen LogP contribution in [-0.4, -0.2) is 17.6 Å². The van der Waals surface area contributed by atoms with Crippen LogP contribution in [0, 0.1) is 0 Å². The lowest BCUT2D eigenvalue weighted by molar-refractivity contribution is 0.434. The molecule has 0 aromatic carbocycles. The van der Waals surface area contributed by atoms with Crippen LogP contribution in [-0.2, 0) is 0 Å². The Kier molecular flexibility index (Phi) is 4.40. The first-order valence-electron chi connectivity index (χ1n) is 6.70. The molecule has 0 amide bonds. The summed E-state index contributed by atoms with van der Waals surface area (Å²) in [5.41, 5.74) is 6.91. The molecule has 2 rings (SSSR count). The van der Waals surface area contributed by atoms with Crippen LogP contribution in [0.1, 0.15) is 57.7 Å². The highest BCUT2D eigenvalue weighted by molar-refractivity contribution is 7.13. The SMILES string of the molecule is CCCC1CCCCN1c1nc(C(C)N)cs1. The van der Waals surface area contributed by atoms with Crippen molar-refractivity contribution in [2.75, 3.05) is 11.4 Å². The van der Waals surface area contributed by atoms with Crippen LogP contribution in [0.3, 0.4) is 0 Å². The van der Waals surface area contributed by atoms with E-state index in [4.69, 9.17) is 5.73 Å². The molecular formula is C13H23N3S. The van der Waals surface area contributed by atoms with Crippen molar-refractivity contribution >= 4 is 16.5 Å². The minimum atomic E-state index is 0.0504. The van der Waals surface area contributed by atoms with Gasteiger partial charge in [0.2, 0.25) is 0 Å². The van der Waals surface area contributed by atoms with Gasteiger partial charge in [0.1, 0.15) is 0 Å². The van der Waals surface area contributed by atoms with Crippen LogP contribution in [0.25, 0.3) is 0 Å². The van der Waals surface area contributed by atoms with Crippen molar-refractivity contribution in [3.8, 4) is 0 Å². The van der Waals surface area contributed by atoms with E-state index < -0.39 is 0 Å². The van der Waals surface area contributed by atoms with Crippen LogP contribution < -0.4 is 10.6 Å². The zero-order chi connectivity index (χ0) is 12.3. The Labute approximate surface area is 108 Å². The number of piperidine rings is 1. The zero-order valence-corrected chi connectivity index (χ0v) is 11.7. The van der Waals surface area contributed by atoms with E-state index in [1.54, 1.807) is 11.3 Å². The van der Waals surface area contributed by atoms with Crippen molar-refractivity contribution in [1.29, 1.82) is 0 Å². The molecule has 2 heterocycles. The Morgan fingerprint density at radius 2 is 2.41 bits per heavy atom. The highest BCUT2D eigenvalue weighted by Crippen LogP contribution is 2.30. The van der Waals surface area contributed by atoms with E-state index in [0.717, 1.165) is 12.2 Å². The molecule has 1 aromatic rings. The van der Waals surface area contributed by atoms with Crippen molar-refractivity contribution in [2.45, 2.75) is 58.0 Å². The van der Waals surface area contributed by atoms with E-state index in [0.29, 0.717) is 6.04 Å². The molecule has 1 aliphatic rings. The summed E-state index contributed by atoms with van der Waals surface area (Å²) in [4.78, 5) is 7.19. The maximum absolute atomic E-state index is 5.88. The fraction of sp³-hybridized carbons (Fsp3) is 0.769. The van der Waals surface area contributed by atoms with Crippen molar-refractivity contribution in [3.05, 3.63) is 11.1 Å². The number of rotatable bonds is 4. The second kappa shape index (κ2) is 5.83. The molecule has 1 saturated heterocycles. The summed E-state index contributed by atoms with van der Waals surface area (Å²) in [5, 5.41) is 3.29. The molecule has 0 saturated carbocycles. The number of hydrogen-bond acceptors (Lipinski definition) is 4. The molecule has 2 atom stereocenters. The predicted octanol–water partition coefficient (Wildman–Crippen LogP) is 3.32. The lowest BCUT2D eigenvalue weighted by atomic mass is 9.99. The molecule has 17 heavy (non-hydrogen) atoms. The van der Waals surface area contributed by atoms with Gasteiger partial charge in [-0.3, -0.25) is 0 Å². The first-order chi connectivity index (χ1) is 8.22. The molecule has 0 spiro atoms. The van der Waals surface area contributed by atoms with Crippen molar-refractivity contribution in [1.82, 2.24) is 4.98 Å². The van der Waals surface area contributed by atoms with Gasteiger partial charge in [-0.2, -0.15) is 0 Å². The van der Waals surface area contributed by atoms with Crippen molar-refractivity contribution in [3.63, 3.8) is 0 Å². The van der Waals surface area contributed by atoms with E-state index in [9.17, 15) is 0 Å². The average Bonchev–Trinajstić information content (AvgIpc) is 2.79. The van der Waals surface area contributed by atoms with E-state index in [2.05, 4.69) is 22.2 Å². The van der Waals surface area contributed by atoms with Crippen LogP contribution in [0.4, 0.5) is 5.13 Å². The molecule has 2 N–H and O–H groups in total. The summed E-state index contributed by atoms with van der Waals surface area (Å²) in [6, 6.07) is 0.746. The molecule has 0 aliphatic carbocycles. The Morgan fingerprint density at radius 1 is 1.59 bits per heavy atom. The molecule has 2 unspecified atom stereocenters. The van der Waals surface area contributed by atoms with Gasteiger partial charge in [0.05, 0.1) is 5.69 Å². The second-order valence-corrected chi connectivity index (χ2v) is 5.81. The van der Waals surface area contributed by atoms with Gasteiger partial charge in [0.15, 0.2) is 5.13 Å². The fourth-order valence-electron chi connectivity index (χ4n) is 2.50. The number of nitrogens with zero attached hydrogens (tertiary/aromatic N) is 2. The van der Waals surface area contributed by atoms with Gasteiger partial charge >= 0.3 is 0 Å². The summed E-state index contributed by atoms with van der Waals surface area (Å²) in [7, 11) is 0. The van der Waals surface area contributed by atoms with Crippen LogP contribution in [0.15, 0.2) is 5.38 Å². The minimum Gasteiger partial charge on any atom is -0.345 e. The monoisotopic (exact) mass is 253 g/mol. The Morgan fingerprint density at radius 3 is 3.06 bits per heavy atom. The molecule has 0 radical (unpaired) electrons. The van der Waals surface area contributed by atoms with E-state index in [1.807, 2.05) is 6.92 Å². The standard InChI is InChI=1S/C13H23N3S/c1-3-6-11-7-4-5-8-16(11)13-15-12(9-17-13)10(2)14/h9-11H,3-8,14H2,1-2H3. The van der Waals surface area contributed by atoms with Gasteiger partial charge in [0.25, 0.3) is 0 Å². The maximum atomic E-state index is 5.88. The molecule has 96 valence electrons. The largest absolute Gasteiger partial charge is 0.345 e. The van der Waals surface area contributed by atoms with Gasteiger partial charge in [0, 0.05) is 24.0 Å². The molecule has 0 bridgehead atoms. The zero-order valence-electron chi connectivity index (χ0n) is 10.9. The quantitative estimate of drug-likeness (QED) is 0.895. The summed E-state index contributed by atoms with van der Waals surface area (Å²) in [6.45, 7) is 5.43. The van der Waals surface area contributed by atoms with E-state index in [1.165, 1.54) is 37.2 Å². The molecular weight excluding hydrogens is 230 g/mol. The summed E-state index contributed by atoms with van der Waals surface area (Å²) >= 11 is 1.75. The van der Waals surface area contributed by atoms with Gasteiger partial charge in [-0.25, -0.2) is 4.98 Å². The Bertz CT molecular complexity index is 346. The molecule has 3 nitrogen and oxygen atoms in total. The van der Waals surface area contributed by atoms with Gasteiger partial charge in [-0.05, 0) is 32.6 Å². The van der Waals surface area contributed by atoms with Gasteiger partial charge < -0.3 is 10.6 Å². The Hall–Kier alpha value is -0.610. The number of nitrogens with two attached hydrogens (primary N) is 1. The first kappa shape index (κ1) is 12.8. The number of hydrogen-bond donors (Lipinski definition) is 1. The average molecular weight is 253 g/mol. The third kappa shape index (κ3) is 2.99. The van der Waals surface area contributed by atoms with Gasteiger partial charge in [-0.15, -0.1) is 11.3 Å². The van der Waals surface area contributed by atoms with Crippen LogP contribution >= 0.6 is 11.3 Å². The number of thiazole rings is 1. The predicted molar refractivity (Wildman–Crippen MR) is 74.6 cm³/mol. The molecule has 1 fully saturated rings. The summed E-state index contributed by atoms with van der Waals surface area (Å²) in [6.07, 6.45) is 6.53. The first-order valence-corrected chi connectivity index (χ1v) is 7.58. The Balaban J connectivity index is 2.11. The second-order valence-electron chi connectivity index (χ2n) is 4.98. The third-order valence-corrected chi connectivity index (χ3v) is 4.37. The highest BCUT2D eigenvalue weighted by atomic mass is 32.1. The topological polar surface area (TPSA) is 42.2 Å². The van der Waals surface area contributed by atoms with Crippen LogP contribution in [0.5, 0.6) is 0 Å². The van der Waals surface area contributed by atoms with E-state index >= 15 is 0 Å². The lowest BCUT2D eigenvalue weighted by Crippen LogP contribution is -2.39. The van der Waals surface area contributed by atoms with Gasteiger partial charge in [-0.1, -0.05) is 13.3 Å². The van der Waals surface area contributed by atoms with Crippen LogP contribution in [0.2, 0.25) is 0 Å². The van der Waals surface area contributed by atoms with E-state index in [-0.39, 0.29) is 6.04 Å². The smallest absolute Gasteiger partial charge is 0.185 e. The highest BCUT2D eigenvalue weighted by Gasteiger charge is 2.24. The third-order valence-electron chi connectivity index (χ3n) is 3.47. The maximum Gasteiger partial charge on any atom is 0.185 e. The van der Waals surface area contributed by atoms with Crippen molar-refractivity contribution in [2.24, 2.45) is 5.73 Å². The normalized spacial score (nSPS) is 22.8. The lowest BCUT2D eigenvalue weighted by Gasteiger charge is -2.35. The summed E-state index contributed by atoms with van der Waals surface area (Å²) < 4.78 is 0. The summed E-state index contributed by atoms with van der Waals surface area (Å²) in [5.74, 6) is 0. The molecule has 1 aliphatic heterocycles. The minimum absolute atomic E-state index is 0.0504. The fourth-order valence-corrected chi connectivity index (χ4v) is 3.53. The molecule has 4 heteroatoms. The molecule has 1 aromatic heterocycles. The van der Waals surface area contributed by atoms with Crippen molar-refractivity contribution < 1.29 is 0 Å². The number of aromatic nitrogens is 1.